The zero-order valence-electron chi connectivity index (χ0n) is 13.3. The van der Waals surface area contributed by atoms with Gasteiger partial charge in [0.1, 0.15) is 0 Å². The van der Waals surface area contributed by atoms with E-state index in [1.807, 2.05) is 0 Å². The van der Waals surface area contributed by atoms with Crippen molar-refractivity contribution < 1.29 is 34.8 Å². The quantitative estimate of drug-likeness (QED) is 0.604. The fourth-order valence-electron chi connectivity index (χ4n) is 2.49. The van der Waals surface area contributed by atoms with Crippen LogP contribution in [-0.4, -0.2) is 29.3 Å². The van der Waals surface area contributed by atoms with Crippen molar-refractivity contribution in [3.63, 3.8) is 0 Å². The Morgan fingerprint density at radius 2 is 1.63 bits per heavy atom. The minimum Gasteiger partial charge on any atom is -0.229 e. The Balaban J connectivity index is 2.29. The largest absolute Gasteiger partial charge is 0.433 e. The molecule has 1 aromatic carbocycles. The molecule has 0 bridgehead atoms. The average Bonchev–Trinajstić information content (AvgIpc) is 2.99. The van der Waals surface area contributed by atoms with Crippen molar-refractivity contribution in [2.75, 3.05) is 6.26 Å². The molecule has 3 aromatic rings. The van der Waals surface area contributed by atoms with E-state index in [9.17, 15) is 34.8 Å². The van der Waals surface area contributed by atoms with Gasteiger partial charge in [0.05, 0.1) is 22.3 Å². The number of alkyl halides is 6. The zero-order chi connectivity index (χ0) is 20.2. The van der Waals surface area contributed by atoms with Crippen molar-refractivity contribution >= 4 is 15.5 Å². The number of sulfone groups is 1. The summed E-state index contributed by atoms with van der Waals surface area (Å²) in [4.78, 5) is 2.87. The molecule has 0 N–H and O–H groups in total. The first-order chi connectivity index (χ1) is 12.3. The molecule has 0 atom stereocenters. The van der Waals surface area contributed by atoms with Crippen LogP contribution in [0.5, 0.6) is 0 Å². The molecule has 0 aliphatic carbocycles. The van der Waals surface area contributed by atoms with Crippen LogP contribution in [0.15, 0.2) is 41.4 Å². The van der Waals surface area contributed by atoms with Crippen molar-refractivity contribution in [1.82, 2.24) is 14.6 Å². The minimum atomic E-state index is -4.95. The molecule has 0 radical (unpaired) electrons. The third-order valence-corrected chi connectivity index (χ3v) is 4.77. The third-order valence-electron chi connectivity index (χ3n) is 3.63. The van der Waals surface area contributed by atoms with Gasteiger partial charge in [-0.1, -0.05) is 6.07 Å². The van der Waals surface area contributed by atoms with Crippen LogP contribution < -0.4 is 0 Å². The molecular weight excluding hydrogens is 400 g/mol. The molecule has 2 heterocycles. The van der Waals surface area contributed by atoms with Crippen molar-refractivity contribution in [2.24, 2.45) is 0 Å². The lowest BCUT2D eigenvalue weighted by atomic mass is 10.1. The SMILES string of the molecule is CS(=O)(=O)c1cc(-c2cc(C(F)(F)F)n3nccc3n2)ccc1C(F)(F)F. The Labute approximate surface area is 148 Å². The number of rotatable bonds is 2. The van der Waals surface area contributed by atoms with Crippen LogP contribution in [-0.2, 0) is 22.2 Å². The highest BCUT2D eigenvalue weighted by molar-refractivity contribution is 7.90. The van der Waals surface area contributed by atoms with Gasteiger partial charge in [-0.05, 0) is 18.2 Å². The van der Waals surface area contributed by atoms with Gasteiger partial charge >= 0.3 is 12.4 Å². The maximum absolute atomic E-state index is 13.2. The summed E-state index contributed by atoms with van der Waals surface area (Å²) in [6.07, 6.45) is -8.10. The first-order valence-electron chi connectivity index (χ1n) is 7.12. The summed E-state index contributed by atoms with van der Waals surface area (Å²) in [6, 6.07) is 3.80. The lowest BCUT2D eigenvalue weighted by Gasteiger charge is -2.14. The van der Waals surface area contributed by atoms with E-state index in [0.717, 1.165) is 12.3 Å². The summed E-state index contributed by atoms with van der Waals surface area (Å²) in [5.41, 5.74) is -3.35. The molecule has 5 nitrogen and oxygen atoms in total. The predicted molar refractivity (Wildman–Crippen MR) is 81.5 cm³/mol. The van der Waals surface area contributed by atoms with Gasteiger partial charge < -0.3 is 0 Å². The van der Waals surface area contributed by atoms with E-state index in [2.05, 4.69) is 10.1 Å². The summed E-state index contributed by atoms with van der Waals surface area (Å²) >= 11 is 0. The van der Waals surface area contributed by atoms with Crippen LogP contribution in [0.3, 0.4) is 0 Å². The molecule has 0 aliphatic rings. The number of hydrogen-bond donors (Lipinski definition) is 0. The van der Waals surface area contributed by atoms with E-state index >= 15 is 0 Å². The molecule has 0 aliphatic heterocycles. The summed E-state index contributed by atoms with van der Waals surface area (Å²) in [5.74, 6) is 0. The van der Waals surface area contributed by atoms with Crippen molar-refractivity contribution in [1.29, 1.82) is 0 Å². The van der Waals surface area contributed by atoms with Gasteiger partial charge in [-0.25, -0.2) is 17.9 Å². The maximum atomic E-state index is 13.2. The molecule has 0 saturated heterocycles. The van der Waals surface area contributed by atoms with Gasteiger partial charge in [0.2, 0.25) is 0 Å². The van der Waals surface area contributed by atoms with E-state index in [1.54, 1.807) is 0 Å². The highest BCUT2D eigenvalue weighted by Crippen LogP contribution is 2.37. The van der Waals surface area contributed by atoms with Crippen LogP contribution in [0.25, 0.3) is 16.9 Å². The summed E-state index contributed by atoms with van der Waals surface area (Å²) < 4.78 is 103. The Morgan fingerprint density at radius 1 is 0.963 bits per heavy atom. The number of benzene rings is 1. The zero-order valence-corrected chi connectivity index (χ0v) is 14.1. The predicted octanol–water partition coefficient (Wildman–Crippen LogP) is 3.84. The monoisotopic (exact) mass is 409 g/mol. The smallest absolute Gasteiger partial charge is 0.229 e. The minimum absolute atomic E-state index is 0.194. The average molecular weight is 409 g/mol. The summed E-state index contributed by atoms with van der Waals surface area (Å²) in [6.45, 7) is 0. The topological polar surface area (TPSA) is 64.3 Å². The molecule has 2 aromatic heterocycles. The Hall–Kier alpha value is -2.63. The summed E-state index contributed by atoms with van der Waals surface area (Å²) in [5, 5.41) is 3.51. The molecule has 27 heavy (non-hydrogen) atoms. The van der Waals surface area contributed by atoms with Crippen LogP contribution >= 0.6 is 0 Å². The standard InChI is InChI=1S/C15H9F6N3O2S/c1-27(25,26)11-6-8(2-3-9(11)14(16,17)18)10-7-12(15(19,20)21)24-13(23-10)4-5-22-24/h2-7H,1H3. The number of fused-ring (bicyclic) bond motifs is 1. The summed E-state index contributed by atoms with van der Waals surface area (Å²) in [7, 11) is -4.30. The van der Waals surface area contributed by atoms with Gasteiger partial charge in [0.25, 0.3) is 0 Å². The first kappa shape index (κ1) is 19.1. The fraction of sp³-hybridized carbons (Fsp3) is 0.200. The molecule has 0 saturated carbocycles. The van der Waals surface area contributed by atoms with Gasteiger partial charge in [0, 0.05) is 17.9 Å². The van der Waals surface area contributed by atoms with Crippen molar-refractivity contribution in [2.45, 2.75) is 17.2 Å². The molecular formula is C15H9F6N3O2S. The van der Waals surface area contributed by atoms with E-state index < -0.39 is 38.3 Å². The van der Waals surface area contributed by atoms with Crippen LogP contribution in [0.2, 0.25) is 0 Å². The van der Waals surface area contributed by atoms with Crippen LogP contribution in [0, 0.1) is 0 Å². The second-order valence-electron chi connectivity index (χ2n) is 5.61. The van der Waals surface area contributed by atoms with Crippen molar-refractivity contribution in [3.8, 4) is 11.3 Å². The third kappa shape index (κ3) is 3.61. The molecule has 144 valence electrons. The highest BCUT2D eigenvalue weighted by Gasteiger charge is 2.37. The molecule has 3 rings (SSSR count). The van der Waals surface area contributed by atoms with E-state index in [0.29, 0.717) is 29.0 Å². The van der Waals surface area contributed by atoms with Crippen LogP contribution in [0.4, 0.5) is 26.3 Å². The second-order valence-corrected chi connectivity index (χ2v) is 7.59. The maximum Gasteiger partial charge on any atom is 0.433 e. The Kier molecular flexibility index (Phi) is 4.21. The number of nitrogens with zero attached hydrogens (tertiary/aromatic N) is 3. The van der Waals surface area contributed by atoms with Gasteiger partial charge in [0.15, 0.2) is 21.2 Å². The van der Waals surface area contributed by atoms with Gasteiger partial charge in [-0.2, -0.15) is 31.4 Å². The van der Waals surface area contributed by atoms with E-state index in [4.69, 9.17) is 0 Å². The molecule has 0 fully saturated rings. The molecule has 0 amide bonds. The van der Waals surface area contributed by atoms with E-state index in [-0.39, 0.29) is 16.9 Å². The van der Waals surface area contributed by atoms with Gasteiger partial charge in [-0.3, -0.25) is 0 Å². The fourth-order valence-corrected chi connectivity index (χ4v) is 3.41. The Morgan fingerprint density at radius 3 is 2.19 bits per heavy atom. The van der Waals surface area contributed by atoms with Crippen molar-refractivity contribution in [3.05, 3.63) is 47.8 Å². The highest BCUT2D eigenvalue weighted by atomic mass is 32.2. The molecule has 0 spiro atoms. The van der Waals surface area contributed by atoms with E-state index in [1.165, 1.54) is 6.07 Å². The molecule has 0 unspecified atom stereocenters. The van der Waals surface area contributed by atoms with Gasteiger partial charge in [-0.15, -0.1) is 0 Å². The molecule has 12 heteroatoms. The number of hydrogen-bond acceptors (Lipinski definition) is 4. The van der Waals surface area contributed by atoms with Crippen LogP contribution in [0.1, 0.15) is 11.3 Å². The lowest BCUT2D eigenvalue weighted by molar-refractivity contribution is -0.142. The number of halogens is 6. The number of aromatic nitrogens is 3. The second kappa shape index (κ2) is 5.94. The normalized spacial score (nSPS) is 13.3. The lowest BCUT2D eigenvalue weighted by Crippen LogP contribution is -2.14. The first-order valence-corrected chi connectivity index (χ1v) is 9.01. The Bertz CT molecular complexity index is 1130.